The number of carbonyl (C=O) groups excluding carboxylic acids is 1. The highest BCUT2D eigenvalue weighted by Crippen LogP contribution is 2.40. The van der Waals surface area contributed by atoms with Crippen LogP contribution in [-0.2, 0) is 28.4 Å². The number of nitrogens with one attached hydrogen (secondary N) is 1. The van der Waals surface area contributed by atoms with Gasteiger partial charge in [0.15, 0.2) is 0 Å². The number of hydrogen-bond acceptors (Lipinski definition) is 10. The molecule has 10 nitrogen and oxygen atoms in total. The number of methoxy groups -OCH3 is 1. The minimum absolute atomic E-state index is 0.0327. The van der Waals surface area contributed by atoms with Gasteiger partial charge in [-0.25, -0.2) is 4.79 Å². The van der Waals surface area contributed by atoms with E-state index in [0.29, 0.717) is 90.2 Å². The number of hydrogen-bond donors (Lipinski definition) is 1. The van der Waals surface area contributed by atoms with Crippen LogP contribution in [0.3, 0.4) is 0 Å². The number of ether oxygens (including phenoxy) is 7. The molecule has 2 aromatic carbocycles. The lowest BCUT2D eigenvalue weighted by Gasteiger charge is -2.52. The third-order valence-electron chi connectivity index (χ3n) is 7.23. The molecule has 1 atom stereocenters. The summed E-state index contributed by atoms with van der Waals surface area (Å²) in [6, 6.07) is 16.2. The summed E-state index contributed by atoms with van der Waals surface area (Å²) < 4.78 is 40.2. The highest BCUT2D eigenvalue weighted by atomic mass is 16.9. The smallest absolute Gasteiger partial charge is 0.343 e. The second-order valence-electron chi connectivity index (χ2n) is 10.9. The van der Waals surface area contributed by atoms with E-state index in [4.69, 9.17) is 33.2 Å². The highest BCUT2D eigenvalue weighted by Gasteiger charge is 2.51. The maximum atomic E-state index is 12.6. The number of para-hydroxylation sites is 1. The molecule has 5 rings (SSSR count). The van der Waals surface area contributed by atoms with Gasteiger partial charge in [-0.2, -0.15) is 0 Å². The number of nitrogens with zero attached hydrogens (tertiary/aromatic N) is 1. The predicted molar refractivity (Wildman–Crippen MR) is 159 cm³/mol. The second-order valence-corrected chi connectivity index (χ2v) is 10.9. The number of benzene rings is 2. The minimum atomic E-state index is -1.08. The molecular weight excluding hydrogens is 540 g/mol. The number of rotatable bonds is 19. The van der Waals surface area contributed by atoms with Gasteiger partial charge in [0.25, 0.3) is 5.97 Å². The normalized spacial score (nSPS) is 22.2. The first-order valence-electron chi connectivity index (χ1n) is 14.5. The molecule has 0 aliphatic carbocycles. The SMILES string of the molecule is C=CCN(CCOCCOCCOC)[C@H](CNc1ccc(C(=O)Oc2ccccc2)cc1)CC12OCC(C)(CO1)CO2. The van der Waals surface area contributed by atoms with Gasteiger partial charge in [0.05, 0.1) is 58.4 Å². The quantitative estimate of drug-likeness (QED) is 0.113. The first-order valence-corrected chi connectivity index (χ1v) is 14.5. The zero-order valence-corrected chi connectivity index (χ0v) is 24.8. The van der Waals surface area contributed by atoms with Crippen molar-refractivity contribution in [3.63, 3.8) is 0 Å². The molecule has 0 aromatic heterocycles. The Bertz CT molecular complexity index is 1070. The second kappa shape index (κ2) is 16.1. The zero-order chi connectivity index (χ0) is 29.7. The predicted octanol–water partition coefficient (Wildman–Crippen LogP) is 3.98. The Kier molecular flexibility index (Phi) is 12.3. The minimum Gasteiger partial charge on any atom is -0.423 e. The van der Waals surface area contributed by atoms with Gasteiger partial charge < -0.3 is 38.5 Å². The van der Waals surface area contributed by atoms with Crippen molar-refractivity contribution in [2.24, 2.45) is 5.41 Å². The molecule has 42 heavy (non-hydrogen) atoms. The molecule has 2 aromatic rings. The number of anilines is 1. The fourth-order valence-corrected chi connectivity index (χ4v) is 4.75. The van der Waals surface area contributed by atoms with E-state index in [2.05, 4.69) is 23.7 Å². The Labute approximate surface area is 248 Å². The summed E-state index contributed by atoms with van der Waals surface area (Å²) in [5.41, 5.74) is 1.23. The monoisotopic (exact) mass is 584 g/mol. The maximum Gasteiger partial charge on any atom is 0.343 e. The summed E-state index contributed by atoms with van der Waals surface area (Å²) in [4.78, 5) is 14.8. The molecule has 0 radical (unpaired) electrons. The average molecular weight is 585 g/mol. The third kappa shape index (κ3) is 9.60. The molecule has 3 aliphatic rings. The molecule has 3 fully saturated rings. The first kappa shape index (κ1) is 32.1. The Morgan fingerprint density at radius 1 is 0.976 bits per heavy atom. The van der Waals surface area contributed by atoms with Crippen LogP contribution in [0.4, 0.5) is 5.69 Å². The van der Waals surface area contributed by atoms with Crippen LogP contribution in [0.2, 0.25) is 0 Å². The van der Waals surface area contributed by atoms with Gasteiger partial charge in [0.2, 0.25) is 0 Å². The fraction of sp³-hybridized carbons (Fsp3) is 0.531. The van der Waals surface area contributed by atoms with Crippen molar-refractivity contribution in [3.05, 3.63) is 72.8 Å². The molecule has 1 N–H and O–H groups in total. The molecule has 0 unspecified atom stereocenters. The van der Waals surface area contributed by atoms with Gasteiger partial charge in [-0.1, -0.05) is 31.2 Å². The number of esters is 1. The van der Waals surface area contributed by atoms with E-state index in [9.17, 15) is 4.79 Å². The van der Waals surface area contributed by atoms with E-state index >= 15 is 0 Å². The summed E-state index contributed by atoms with van der Waals surface area (Å²) in [6.45, 7) is 12.4. The molecule has 10 heteroatoms. The molecule has 0 amide bonds. The van der Waals surface area contributed by atoms with Crippen molar-refractivity contribution >= 4 is 11.7 Å². The largest absolute Gasteiger partial charge is 0.423 e. The summed E-state index contributed by atoms with van der Waals surface area (Å²) in [6.07, 6.45) is 2.39. The molecule has 0 saturated carbocycles. The van der Waals surface area contributed by atoms with Gasteiger partial charge in [0, 0.05) is 50.3 Å². The van der Waals surface area contributed by atoms with Gasteiger partial charge in [-0.15, -0.1) is 6.58 Å². The van der Waals surface area contributed by atoms with Crippen molar-refractivity contribution in [2.45, 2.75) is 25.4 Å². The average Bonchev–Trinajstić information content (AvgIpc) is 3.01. The highest BCUT2D eigenvalue weighted by molar-refractivity contribution is 5.91. The van der Waals surface area contributed by atoms with Crippen molar-refractivity contribution in [1.82, 2.24) is 4.90 Å². The molecular formula is C32H44N2O8. The Morgan fingerprint density at radius 2 is 1.62 bits per heavy atom. The Balaban J connectivity index is 1.36. The summed E-state index contributed by atoms with van der Waals surface area (Å²) >= 11 is 0. The van der Waals surface area contributed by atoms with Crippen LogP contribution in [0.1, 0.15) is 23.7 Å². The van der Waals surface area contributed by atoms with Crippen molar-refractivity contribution in [1.29, 1.82) is 0 Å². The number of carbonyl (C=O) groups is 1. The lowest BCUT2D eigenvalue weighted by Crippen LogP contribution is -2.61. The third-order valence-corrected chi connectivity index (χ3v) is 7.23. The van der Waals surface area contributed by atoms with Crippen LogP contribution in [0.15, 0.2) is 67.3 Å². The van der Waals surface area contributed by atoms with Crippen LogP contribution in [0.25, 0.3) is 0 Å². The molecule has 230 valence electrons. The fourth-order valence-electron chi connectivity index (χ4n) is 4.75. The van der Waals surface area contributed by atoms with E-state index in [0.717, 1.165) is 5.69 Å². The lowest BCUT2D eigenvalue weighted by atomic mass is 9.91. The van der Waals surface area contributed by atoms with Crippen molar-refractivity contribution in [3.8, 4) is 5.75 Å². The van der Waals surface area contributed by atoms with E-state index in [1.54, 1.807) is 31.4 Å². The maximum absolute atomic E-state index is 12.6. The van der Waals surface area contributed by atoms with Gasteiger partial charge in [-0.3, -0.25) is 4.90 Å². The van der Waals surface area contributed by atoms with E-state index in [1.165, 1.54) is 0 Å². The van der Waals surface area contributed by atoms with Crippen LogP contribution in [-0.4, -0.2) is 102 Å². The van der Waals surface area contributed by atoms with E-state index < -0.39 is 11.9 Å². The molecule has 3 saturated heterocycles. The Hall–Kier alpha value is -2.83. The topological polar surface area (TPSA) is 97.0 Å². The van der Waals surface area contributed by atoms with Crippen LogP contribution >= 0.6 is 0 Å². The molecule has 3 aliphatic heterocycles. The van der Waals surface area contributed by atoms with E-state index in [-0.39, 0.29) is 11.5 Å². The van der Waals surface area contributed by atoms with Crippen LogP contribution in [0, 0.1) is 5.41 Å². The summed E-state index contributed by atoms with van der Waals surface area (Å²) in [7, 11) is 1.65. The summed E-state index contributed by atoms with van der Waals surface area (Å²) in [5, 5.41) is 3.51. The molecule has 3 heterocycles. The van der Waals surface area contributed by atoms with Gasteiger partial charge in [-0.05, 0) is 36.4 Å². The lowest BCUT2D eigenvalue weighted by molar-refractivity contribution is -0.469. The standard InChI is InChI=1S/C32H44N2O8/c1-4-14-34(15-16-37-19-20-38-18-17-36-3)28(21-32-39-23-31(2,24-40-32)25-41-32)22-33-27-12-10-26(11-13-27)30(35)42-29-8-6-5-7-9-29/h4-13,28,33H,1,14-25H2,2-3H3/t28-,31?,32?/m0/s1. The first-order chi connectivity index (χ1) is 20.4. The molecule has 2 bridgehead atoms. The zero-order valence-electron chi connectivity index (χ0n) is 24.8. The van der Waals surface area contributed by atoms with Crippen LogP contribution in [0.5, 0.6) is 5.75 Å². The number of fused-ring (bicyclic) bond motifs is 3. The van der Waals surface area contributed by atoms with Crippen molar-refractivity contribution < 1.29 is 38.0 Å². The van der Waals surface area contributed by atoms with Crippen molar-refractivity contribution in [2.75, 3.05) is 84.9 Å². The Morgan fingerprint density at radius 3 is 2.26 bits per heavy atom. The van der Waals surface area contributed by atoms with E-state index in [1.807, 2.05) is 36.4 Å². The van der Waals surface area contributed by atoms with Gasteiger partial charge in [0.1, 0.15) is 5.75 Å². The van der Waals surface area contributed by atoms with Crippen LogP contribution < -0.4 is 10.1 Å². The van der Waals surface area contributed by atoms with Gasteiger partial charge >= 0.3 is 5.97 Å². The summed E-state index contributed by atoms with van der Waals surface area (Å²) in [5.74, 6) is -0.974. The molecule has 0 spiro atoms.